The van der Waals surface area contributed by atoms with E-state index in [-0.39, 0.29) is 18.4 Å². The molecule has 1 aliphatic carbocycles. The van der Waals surface area contributed by atoms with E-state index in [9.17, 15) is 28.8 Å². The highest BCUT2D eigenvalue weighted by atomic mass is 16.2. The number of hydrogen-bond donors (Lipinski definition) is 5. The SMILES string of the molecule is CC(C)(C)NC(=O)CNC(=O)N[C@H](C(=O)N1CCCC1C(=O)NC(CC1CCC1)C(=O)C(N)=O)C(C)(C)C. The lowest BCUT2D eigenvalue weighted by atomic mass is 9.80. The van der Waals surface area contributed by atoms with Crippen LogP contribution in [0.1, 0.15) is 80.1 Å². The van der Waals surface area contributed by atoms with Crippen molar-refractivity contribution in [1.82, 2.24) is 26.2 Å². The Labute approximate surface area is 224 Å². The Hall–Kier alpha value is -3.18. The molecular weight excluding hydrogens is 492 g/mol. The molecule has 0 aromatic carbocycles. The van der Waals surface area contributed by atoms with E-state index in [1.54, 1.807) is 20.8 Å². The van der Waals surface area contributed by atoms with Crippen molar-refractivity contribution in [2.24, 2.45) is 17.1 Å². The van der Waals surface area contributed by atoms with E-state index in [1.807, 2.05) is 20.8 Å². The quantitative estimate of drug-likeness (QED) is 0.251. The second-order valence-electron chi connectivity index (χ2n) is 12.4. The Balaban J connectivity index is 2.08. The minimum absolute atomic E-state index is 0.239. The lowest BCUT2D eigenvalue weighted by Gasteiger charge is -2.36. The number of nitrogens with one attached hydrogen (secondary N) is 4. The molecule has 0 aromatic rings. The summed E-state index contributed by atoms with van der Waals surface area (Å²) in [6, 6.07) is -3.54. The number of rotatable bonds is 10. The number of Topliss-reactive ketones (excluding diaryl/α,β-unsaturated/α-hetero) is 1. The maximum atomic E-state index is 13.6. The van der Waals surface area contributed by atoms with Crippen LogP contribution in [0.2, 0.25) is 0 Å². The highest BCUT2D eigenvalue weighted by molar-refractivity contribution is 6.37. The Morgan fingerprint density at radius 3 is 2.05 bits per heavy atom. The number of ketones is 1. The minimum Gasteiger partial charge on any atom is -0.363 e. The highest BCUT2D eigenvalue weighted by Gasteiger charge is 2.43. The molecule has 2 fully saturated rings. The van der Waals surface area contributed by atoms with Gasteiger partial charge in [-0.15, -0.1) is 0 Å². The zero-order valence-electron chi connectivity index (χ0n) is 23.4. The van der Waals surface area contributed by atoms with Crippen LogP contribution in [0, 0.1) is 11.3 Å². The van der Waals surface area contributed by atoms with Gasteiger partial charge in [-0.25, -0.2) is 4.79 Å². The summed E-state index contributed by atoms with van der Waals surface area (Å²) < 4.78 is 0. The summed E-state index contributed by atoms with van der Waals surface area (Å²) in [7, 11) is 0. The van der Waals surface area contributed by atoms with Gasteiger partial charge in [-0.05, 0) is 51.4 Å². The first-order valence-corrected chi connectivity index (χ1v) is 13.3. The molecule has 0 aromatic heterocycles. The maximum Gasteiger partial charge on any atom is 0.315 e. The van der Waals surface area contributed by atoms with Crippen LogP contribution in [0.15, 0.2) is 0 Å². The van der Waals surface area contributed by atoms with Gasteiger partial charge in [0, 0.05) is 12.1 Å². The zero-order valence-corrected chi connectivity index (χ0v) is 23.4. The van der Waals surface area contributed by atoms with E-state index in [0.29, 0.717) is 25.8 Å². The molecule has 0 spiro atoms. The molecule has 1 aliphatic heterocycles. The van der Waals surface area contributed by atoms with Crippen LogP contribution >= 0.6 is 0 Å². The second kappa shape index (κ2) is 12.6. The average Bonchev–Trinajstić information content (AvgIpc) is 3.24. The molecule has 38 heavy (non-hydrogen) atoms. The molecule has 12 nitrogen and oxygen atoms in total. The van der Waals surface area contributed by atoms with E-state index in [0.717, 1.165) is 19.3 Å². The summed E-state index contributed by atoms with van der Waals surface area (Å²) >= 11 is 0. The van der Waals surface area contributed by atoms with Crippen LogP contribution in [-0.4, -0.2) is 77.1 Å². The minimum atomic E-state index is -1.10. The number of carbonyl (C=O) groups is 6. The van der Waals surface area contributed by atoms with Crippen molar-refractivity contribution in [3.63, 3.8) is 0 Å². The van der Waals surface area contributed by atoms with Gasteiger partial charge in [-0.1, -0.05) is 40.0 Å². The summed E-state index contributed by atoms with van der Waals surface area (Å²) in [5.41, 5.74) is 4.05. The number of likely N-dealkylation sites (tertiary alicyclic amines) is 1. The van der Waals surface area contributed by atoms with Crippen molar-refractivity contribution >= 4 is 35.4 Å². The Morgan fingerprint density at radius 2 is 1.55 bits per heavy atom. The summed E-state index contributed by atoms with van der Waals surface area (Å²) in [5, 5.41) is 10.5. The summed E-state index contributed by atoms with van der Waals surface area (Å²) in [5.74, 6) is -3.05. The number of primary amides is 1. The van der Waals surface area contributed by atoms with Crippen molar-refractivity contribution in [2.75, 3.05) is 13.1 Å². The third-order valence-corrected chi connectivity index (χ3v) is 6.82. The number of amides is 6. The summed E-state index contributed by atoms with van der Waals surface area (Å²) in [4.78, 5) is 76.8. The molecular formula is C26H44N6O6. The predicted molar refractivity (Wildman–Crippen MR) is 140 cm³/mol. The largest absolute Gasteiger partial charge is 0.363 e. The van der Waals surface area contributed by atoms with Gasteiger partial charge < -0.3 is 31.9 Å². The molecule has 6 N–H and O–H groups in total. The summed E-state index contributed by atoms with van der Waals surface area (Å²) in [6.45, 7) is 10.9. The van der Waals surface area contributed by atoms with Crippen molar-refractivity contribution in [3.05, 3.63) is 0 Å². The molecule has 0 radical (unpaired) electrons. The number of carbonyl (C=O) groups excluding carboxylic acids is 6. The van der Waals surface area contributed by atoms with E-state index >= 15 is 0 Å². The molecule has 1 heterocycles. The van der Waals surface area contributed by atoms with Gasteiger partial charge in [0.05, 0.1) is 12.6 Å². The van der Waals surface area contributed by atoms with Crippen LogP contribution in [0.5, 0.6) is 0 Å². The second-order valence-corrected chi connectivity index (χ2v) is 12.4. The van der Waals surface area contributed by atoms with Gasteiger partial charge in [0.25, 0.3) is 5.91 Å². The lowest BCUT2D eigenvalue weighted by molar-refractivity contribution is -0.143. The van der Waals surface area contributed by atoms with Gasteiger partial charge in [0.15, 0.2) is 0 Å². The van der Waals surface area contributed by atoms with Crippen LogP contribution in [0.25, 0.3) is 0 Å². The zero-order chi connectivity index (χ0) is 28.8. The van der Waals surface area contributed by atoms with Gasteiger partial charge in [0.1, 0.15) is 12.1 Å². The first-order chi connectivity index (χ1) is 17.5. The van der Waals surface area contributed by atoms with E-state index < -0.39 is 58.6 Å². The first kappa shape index (κ1) is 31.0. The molecule has 214 valence electrons. The lowest BCUT2D eigenvalue weighted by Crippen LogP contribution is -2.60. The number of hydrogen-bond acceptors (Lipinski definition) is 6. The maximum absolute atomic E-state index is 13.6. The average molecular weight is 537 g/mol. The van der Waals surface area contributed by atoms with Crippen molar-refractivity contribution < 1.29 is 28.8 Å². The molecule has 0 bridgehead atoms. The summed E-state index contributed by atoms with van der Waals surface area (Å²) in [6.07, 6.45) is 4.17. The first-order valence-electron chi connectivity index (χ1n) is 13.3. The fourth-order valence-corrected chi connectivity index (χ4v) is 4.66. The standard InChI is InChI=1S/C26H44N6O6/c1-25(2,3)20(30-24(38)28-14-18(33)31-26(4,5)6)23(37)32-12-8-11-17(32)22(36)29-16(19(34)21(27)35)13-15-9-7-10-15/h15-17,20H,7-14H2,1-6H3,(H2,27,35)(H,29,36)(H,31,33)(H2,28,30,38)/t16?,17?,20-/m1/s1. The number of nitrogens with zero attached hydrogens (tertiary/aromatic N) is 1. The van der Waals surface area contributed by atoms with Crippen LogP contribution in [0.4, 0.5) is 4.79 Å². The molecule has 3 atom stereocenters. The van der Waals surface area contributed by atoms with Crippen molar-refractivity contribution in [2.45, 2.75) is 104 Å². The van der Waals surface area contributed by atoms with Crippen LogP contribution in [-0.2, 0) is 24.0 Å². The fraction of sp³-hybridized carbons (Fsp3) is 0.769. The van der Waals surface area contributed by atoms with E-state index in [2.05, 4.69) is 21.3 Å². The van der Waals surface area contributed by atoms with Crippen molar-refractivity contribution in [1.29, 1.82) is 0 Å². The Bertz CT molecular complexity index is 933. The van der Waals surface area contributed by atoms with Crippen LogP contribution in [0.3, 0.4) is 0 Å². The normalized spacial score (nSPS) is 19.5. The number of nitrogens with two attached hydrogens (primary N) is 1. The highest BCUT2D eigenvalue weighted by Crippen LogP contribution is 2.31. The van der Waals surface area contributed by atoms with Crippen LogP contribution < -0.4 is 27.0 Å². The Morgan fingerprint density at radius 1 is 0.921 bits per heavy atom. The molecule has 12 heteroatoms. The van der Waals surface area contributed by atoms with E-state index in [1.165, 1.54) is 4.90 Å². The van der Waals surface area contributed by atoms with Gasteiger partial charge in [0.2, 0.25) is 23.5 Å². The molecule has 1 saturated heterocycles. The third-order valence-electron chi connectivity index (χ3n) is 6.82. The monoisotopic (exact) mass is 536 g/mol. The molecule has 2 unspecified atom stereocenters. The third kappa shape index (κ3) is 8.98. The molecule has 2 rings (SSSR count). The Kier molecular flexibility index (Phi) is 10.3. The fourth-order valence-electron chi connectivity index (χ4n) is 4.66. The van der Waals surface area contributed by atoms with Gasteiger partial charge in [-0.3, -0.25) is 24.0 Å². The molecule has 6 amide bonds. The van der Waals surface area contributed by atoms with Crippen molar-refractivity contribution in [3.8, 4) is 0 Å². The molecule has 2 aliphatic rings. The topological polar surface area (TPSA) is 180 Å². The van der Waals surface area contributed by atoms with Gasteiger partial charge in [-0.2, -0.15) is 0 Å². The van der Waals surface area contributed by atoms with Gasteiger partial charge >= 0.3 is 6.03 Å². The molecule has 1 saturated carbocycles. The predicted octanol–water partition coefficient (Wildman–Crippen LogP) is 0.335. The van der Waals surface area contributed by atoms with E-state index in [4.69, 9.17) is 5.73 Å². The number of urea groups is 1. The smallest absolute Gasteiger partial charge is 0.315 e.